The van der Waals surface area contributed by atoms with Gasteiger partial charge >= 0.3 is 12.1 Å². The van der Waals surface area contributed by atoms with Gasteiger partial charge in [0.1, 0.15) is 6.61 Å². The topological polar surface area (TPSA) is 114 Å². The summed E-state index contributed by atoms with van der Waals surface area (Å²) in [5.74, 6) is -1.30. The lowest BCUT2D eigenvalue weighted by atomic mass is 9.98. The maximum atomic E-state index is 12.4. The second-order valence-electron chi connectivity index (χ2n) is 8.64. The number of ether oxygens (including phenoxy) is 2. The number of hydrogen-bond acceptors (Lipinski definition) is 5. The van der Waals surface area contributed by atoms with E-state index in [-0.39, 0.29) is 37.8 Å². The number of carboxylic acids is 1. The second kappa shape index (κ2) is 12.9. The molecule has 0 radical (unpaired) electrons. The zero-order chi connectivity index (χ0) is 25.2. The van der Waals surface area contributed by atoms with E-state index in [0.29, 0.717) is 13.0 Å². The molecule has 0 saturated carbocycles. The normalized spacial score (nSPS) is 13.9. The van der Waals surface area contributed by atoms with Crippen LogP contribution < -0.4 is 10.6 Å². The zero-order valence-electron chi connectivity index (χ0n) is 20.3. The molecular formula is C27H34N2O6. The molecule has 2 amide bonds. The highest BCUT2D eigenvalue weighted by Gasteiger charge is 2.29. The molecule has 8 heteroatoms. The minimum atomic E-state index is -0.956. The average Bonchev–Trinajstić information content (AvgIpc) is 3.15. The lowest BCUT2D eigenvalue weighted by Gasteiger charge is -2.21. The number of carbonyl (C=O) groups is 3. The van der Waals surface area contributed by atoms with Gasteiger partial charge in [-0.1, -0.05) is 61.9 Å². The van der Waals surface area contributed by atoms with Crippen molar-refractivity contribution < 1.29 is 29.0 Å². The van der Waals surface area contributed by atoms with Crippen molar-refractivity contribution >= 4 is 18.0 Å². The molecule has 1 aliphatic rings. The third kappa shape index (κ3) is 7.29. The van der Waals surface area contributed by atoms with Gasteiger partial charge in [0.2, 0.25) is 5.91 Å². The van der Waals surface area contributed by atoms with Crippen LogP contribution in [0.1, 0.15) is 56.6 Å². The number of hydrogen-bond donors (Lipinski definition) is 3. The summed E-state index contributed by atoms with van der Waals surface area (Å²) in [7, 11) is 0. The molecule has 0 aromatic heterocycles. The van der Waals surface area contributed by atoms with E-state index in [0.717, 1.165) is 28.7 Å². The van der Waals surface area contributed by atoms with Crippen LogP contribution in [0, 0.1) is 0 Å². The van der Waals surface area contributed by atoms with Crippen molar-refractivity contribution in [3.8, 4) is 11.1 Å². The fourth-order valence-electron chi connectivity index (χ4n) is 4.55. The lowest BCUT2D eigenvalue weighted by molar-refractivity contribution is -0.137. The molecule has 1 aliphatic carbocycles. The quantitative estimate of drug-likeness (QED) is 0.396. The molecule has 3 N–H and O–H groups in total. The number of aliphatic carboxylic acids is 1. The molecule has 2 aromatic rings. The van der Waals surface area contributed by atoms with Crippen LogP contribution in [0.25, 0.3) is 11.1 Å². The van der Waals surface area contributed by atoms with Gasteiger partial charge in [-0.25, -0.2) is 4.79 Å². The number of amides is 2. The highest BCUT2D eigenvalue weighted by molar-refractivity contribution is 5.79. The van der Waals surface area contributed by atoms with Gasteiger partial charge in [-0.2, -0.15) is 0 Å². The number of alkyl carbamates (subject to hydrolysis) is 1. The summed E-state index contributed by atoms with van der Waals surface area (Å²) >= 11 is 0. The Morgan fingerprint density at radius 2 is 1.60 bits per heavy atom. The first-order valence-corrected chi connectivity index (χ1v) is 12.1. The van der Waals surface area contributed by atoms with E-state index >= 15 is 0 Å². The minimum absolute atomic E-state index is 0.0112. The van der Waals surface area contributed by atoms with Crippen molar-refractivity contribution in [3.05, 3.63) is 59.7 Å². The Morgan fingerprint density at radius 1 is 0.971 bits per heavy atom. The molecule has 0 saturated heterocycles. The summed E-state index contributed by atoms with van der Waals surface area (Å²) in [5, 5.41) is 14.5. The predicted molar refractivity (Wildman–Crippen MR) is 132 cm³/mol. The van der Waals surface area contributed by atoms with Gasteiger partial charge in [-0.3, -0.25) is 9.59 Å². The number of carbonyl (C=O) groups excluding carboxylic acids is 2. The molecule has 2 aromatic carbocycles. The molecule has 188 valence electrons. The van der Waals surface area contributed by atoms with E-state index in [2.05, 4.69) is 34.9 Å². The van der Waals surface area contributed by atoms with Gasteiger partial charge in [-0.05, 0) is 35.6 Å². The third-order valence-corrected chi connectivity index (χ3v) is 6.06. The Hall–Kier alpha value is -3.39. The summed E-state index contributed by atoms with van der Waals surface area (Å²) < 4.78 is 11.2. The van der Waals surface area contributed by atoms with Gasteiger partial charge < -0.3 is 25.2 Å². The average molecular weight is 483 g/mol. The van der Waals surface area contributed by atoms with Crippen LogP contribution in [0.2, 0.25) is 0 Å². The van der Waals surface area contributed by atoms with E-state index in [4.69, 9.17) is 14.6 Å². The second-order valence-corrected chi connectivity index (χ2v) is 8.64. The van der Waals surface area contributed by atoms with Crippen LogP contribution in [0.3, 0.4) is 0 Å². The first-order chi connectivity index (χ1) is 16.9. The predicted octanol–water partition coefficient (Wildman–Crippen LogP) is 4.08. The Labute approximate surface area is 206 Å². The van der Waals surface area contributed by atoms with Crippen molar-refractivity contribution in [1.82, 2.24) is 10.6 Å². The third-order valence-electron chi connectivity index (χ3n) is 6.06. The van der Waals surface area contributed by atoms with Crippen molar-refractivity contribution in [3.63, 3.8) is 0 Å². The molecule has 0 heterocycles. The summed E-state index contributed by atoms with van der Waals surface area (Å²) in [6.07, 6.45) is 0.0966. The smallest absolute Gasteiger partial charge is 0.407 e. The molecule has 0 spiro atoms. The lowest BCUT2D eigenvalue weighted by Crippen LogP contribution is -2.41. The fourth-order valence-corrected chi connectivity index (χ4v) is 4.55. The molecule has 0 aliphatic heterocycles. The van der Waals surface area contributed by atoms with E-state index in [9.17, 15) is 14.4 Å². The van der Waals surface area contributed by atoms with Crippen LogP contribution in [-0.4, -0.2) is 55.0 Å². The molecule has 8 nitrogen and oxygen atoms in total. The Balaban J connectivity index is 1.51. The molecule has 2 atom stereocenters. The fraction of sp³-hybridized carbons (Fsp3) is 0.444. The highest BCUT2D eigenvalue weighted by atomic mass is 16.5. The largest absolute Gasteiger partial charge is 0.481 e. The monoisotopic (exact) mass is 482 g/mol. The maximum absolute atomic E-state index is 12.4. The number of fused-ring (bicyclic) bond motifs is 3. The summed E-state index contributed by atoms with van der Waals surface area (Å²) in [5.41, 5.74) is 4.58. The molecule has 3 rings (SSSR count). The van der Waals surface area contributed by atoms with Crippen molar-refractivity contribution in [2.75, 3.05) is 19.8 Å². The van der Waals surface area contributed by atoms with Crippen molar-refractivity contribution in [1.29, 1.82) is 0 Å². The Bertz CT molecular complexity index is 979. The maximum Gasteiger partial charge on any atom is 0.407 e. The molecule has 2 unspecified atom stereocenters. The first-order valence-electron chi connectivity index (χ1n) is 12.1. The summed E-state index contributed by atoms with van der Waals surface area (Å²) in [6, 6.07) is 15.8. The number of benzene rings is 2. The van der Waals surface area contributed by atoms with E-state index in [1.165, 1.54) is 0 Å². The van der Waals surface area contributed by atoms with Gasteiger partial charge in [0.25, 0.3) is 0 Å². The van der Waals surface area contributed by atoms with Crippen LogP contribution in [0.5, 0.6) is 0 Å². The Morgan fingerprint density at radius 3 is 2.17 bits per heavy atom. The van der Waals surface area contributed by atoms with E-state index in [1.807, 2.05) is 38.1 Å². The Kier molecular flexibility index (Phi) is 9.66. The van der Waals surface area contributed by atoms with E-state index < -0.39 is 24.2 Å². The number of nitrogens with one attached hydrogen (secondary N) is 2. The van der Waals surface area contributed by atoms with Gasteiger partial charge in [0.15, 0.2) is 0 Å². The van der Waals surface area contributed by atoms with Crippen LogP contribution in [0.4, 0.5) is 4.79 Å². The van der Waals surface area contributed by atoms with Crippen molar-refractivity contribution in [2.24, 2.45) is 0 Å². The molecule has 0 bridgehead atoms. The SMILES string of the molecule is CCCC(CC(=O)O)NC(=O)CC(CNC(=O)OCC1c2ccccc2-c2ccccc21)OCC. The van der Waals surface area contributed by atoms with Gasteiger partial charge in [0, 0.05) is 25.1 Å². The first kappa shape index (κ1) is 26.2. The number of rotatable bonds is 13. The zero-order valence-corrected chi connectivity index (χ0v) is 20.3. The molecule has 35 heavy (non-hydrogen) atoms. The molecular weight excluding hydrogens is 448 g/mol. The summed E-state index contributed by atoms with van der Waals surface area (Å²) in [4.78, 5) is 35.9. The number of carboxylic acid groups (broad SMARTS) is 1. The minimum Gasteiger partial charge on any atom is -0.481 e. The highest BCUT2D eigenvalue weighted by Crippen LogP contribution is 2.44. The van der Waals surface area contributed by atoms with E-state index in [1.54, 1.807) is 0 Å². The summed E-state index contributed by atoms with van der Waals surface area (Å²) in [6.45, 7) is 4.42. The van der Waals surface area contributed by atoms with Crippen LogP contribution in [0.15, 0.2) is 48.5 Å². The molecule has 0 fully saturated rings. The standard InChI is InChI=1S/C27H34N2O6/c1-3-9-18(14-26(31)32)29-25(30)15-19(34-4-2)16-28-27(33)35-17-24-22-12-7-5-10-20(22)21-11-6-8-13-23(21)24/h5-8,10-13,18-19,24H,3-4,9,14-17H2,1-2H3,(H,28,33)(H,29,30)(H,31,32). The van der Waals surface area contributed by atoms with Gasteiger partial charge in [0.05, 0.1) is 18.9 Å². The van der Waals surface area contributed by atoms with Crippen LogP contribution in [-0.2, 0) is 19.1 Å². The van der Waals surface area contributed by atoms with Crippen LogP contribution >= 0.6 is 0 Å². The van der Waals surface area contributed by atoms with Gasteiger partial charge in [-0.15, -0.1) is 0 Å². The van der Waals surface area contributed by atoms with Crippen molar-refractivity contribution in [2.45, 2.75) is 57.6 Å².